The summed E-state index contributed by atoms with van der Waals surface area (Å²) in [6.07, 6.45) is 0. The Labute approximate surface area is 184 Å². The molecule has 0 unspecified atom stereocenters. The number of fused-ring (bicyclic) bond motifs is 1. The Bertz CT molecular complexity index is 1220. The van der Waals surface area contributed by atoms with Crippen molar-refractivity contribution in [1.82, 2.24) is 25.5 Å². The first kappa shape index (κ1) is 20.9. The lowest BCUT2D eigenvalue weighted by Crippen LogP contribution is -2.32. The number of benzene rings is 2. The number of nitrogens with two attached hydrogens (primary N) is 1. The third-order valence-corrected chi connectivity index (χ3v) is 5.63. The quantitative estimate of drug-likeness (QED) is 0.364. The molecule has 2 aromatic heterocycles. The van der Waals surface area contributed by atoms with E-state index in [1.807, 2.05) is 36.4 Å². The maximum atomic E-state index is 12.0. The maximum absolute atomic E-state index is 12.0. The van der Waals surface area contributed by atoms with E-state index in [0.717, 1.165) is 10.6 Å². The van der Waals surface area contributed by atoms with Crippen LogP contribution in [0.4, 0.5) is 5.82 Å². The molecule has 0 saturated carbocycles. The highest BCUT2D eigenvalue weighted by Crippen LogP contribution is 2.28. The van der Waals surface area contributed by atoms with Gasteiger partial charge in [0.25, 0.3) is 5.91 Å². The fraction of sp³-hybridized carbons (Fsp3) is 0.227. The van der Waals surface area contributed by atoms with E-state index < -0.39 is 5.91 Å². The van der Waals surface area contributed by atoms with Gasteiger partial charge in [-0.25, -0.2) is 4.63 Å². The Morgan fingerprint density at radius 2 is 1.90 bits per heavy atom. The van der Waals surface area contributed by atoms with E-state index in [1.165, 1.54) is 22.2 Å². The lowest BCUT2D eigenvalue weighted by atomic mass is 10.1. The summed E-state index contributed by atoms with van der Waals surface area (Å²) in [5.41, 5.74) is 10.2. The zero-order chi connectivity index (χ0) is 21.8. The van der Waals surface area contributed by atoms with Crippen LogP contribution in [0.1, 0.15) is 27.3 Å². The molecule has 0 atom stereocenters. The van der Waals surface area contributed by atoms with Gasteiger partial charge in [0.15, 0.2) is 0 Å². The van der Waals surface area contributed by atoms with Gasteiger partial charge in [-0.15, -0.1) is 0 Å². The second-order valence-corrected chi connectivity index (χ2v) is 7.60. The lowest BCUT2D eigenvalue weighted by Gasteiger charge is -2.11. The summed E-state index contributed by atoms with van der Waals surface area (Å²) in [4.78, 5) is 12.0. The summed E-state index contributed by atoms with van der Waals surface area (Å²) in [5.74, 6) is -0.430. The molecule has 0 bridgehead atoms. The Morgan fingerprint density at radius 1 is 1.13 bits per heavy atom. The van der Waals surface area contributed by atoms with Crippen molar-refractivity contribution in [2.45, 2.75) is 20.0 Å². The molecule has 0 aliphatic heterocycles. The Kier molecular flexibility index (Phi) is 6.20. The fourth-order valence-electron chi connectivity index (χ4n) is 3.64. The third kappa shape index (κ3) is 4.40. The van der Waals surface area contributed by atoms with Crippen molar-refractivity contribution >= 4 is 34.2 Å². The lowest BCUT2D eigenvalue weighted by molar-refractivity contribution is 0.0944. The minimum absolute atomic E-state index is 0.00140. The molecule has 9 heteroatoms. The van der Waals surface area contributed by atoms with Gasteiger partial charge in [-0.1, -0.05) is 48.0 Å². The summed E-state index contributed by atoms with van der Waals surface area (Å²) < 4.78 is 6.73. The van der Waals surface area contributed by atoms with Crippen LogP contribution in [0.2, 0.25) is 5.02 Å². The minimum Gasteiger partial charge on any atom is -0.379 e. The zero-order valence-corrected chi connectivity index (χ0v) is 17.8. The molecule has 0 aliphatic carbocycles. The standard InChI is InChI=1S/C22H23ClN6O2/c1-14-17(12-25-10-11-26-22(30)20-21(24)28-31-27-20)16-7-3-5-9-19(16)29(14)13-15-6-2-4-8-18(15)23/h2-9,25H,10-13H2,1H3,(H2,24,28)(H,26,30). The van der Waals surface area contributed by atoms with Crippen molar-refractivity contribution in [2.24, 2.45) is 0 Å². The second kappa shape index (κ2) is 9.20. The van der Waals surface area contributed by atoms with E-state index in [0.29, 0.717) is 26.2 Å². The number of para-hydroxylation sites is 1. The number of anilines is 1. The van der Waals surface area contributed by atoms with Gasteiger partial charge in [0, 0.05) is 47.8 Å². The fourth-order valence-corrected chi connectivity index (χ4v) is 3.84. The number of carbonyl (C=O) groups excluding carboxylic acids is 1. The van der Waals surface area contributed by atoms with Gasteiger partial charge in [-0.3, -0.25) is 4.79 Å². The van der Waals surface area contributed by atoms with Gasteiger partial charge in [-0.05, 0) is 40.5 Å². The molecule has 1 amide bonds. The number of nitrogens with one attached hydrogen (secondary N) is 2. The molecule has 0 spiro atoms. The summed E-state index contributed by atoms with van der Waals surface area (Å²) in [6, 6.07) is 16.2. The van der Waals surface area contributed by atoms with Gasteiger partial charge < -0.3 is 20.9 Å². The van der Waals surface area contributed by atoms with Crippen molar-refractivity contribution < 1.29 is 9.42 Å². The van der Waals surface area contributed by atoms with Gasteiger partial charge in [0.05, 0.1) is 0 Å². The van der Waals surface area contributed by atoms with Crippen LogP contribution in [-0.4, -0.2) is 33.9 Å². The highest BCUT2D eigenvalue weighted by atomic mass is 35.5. The molecule has 0 fully saturated rings. The number of aromatic nitrogens is 3. The zero-order valence-electron chi connectivity index (χ0n) is 17.1. The van der Waals surface area contributed by atoms with Gasteiger partial charge in [0.2, 0.25) is 11.5 Å². The maximum Gasteiger partial charge on any atom is 0.277 e. The van der Waals surface area contributed by atoms with Crippen molar-refractivity contribution in [3.63, 3.8) is 0 Å². The van der Waals surface area contributed by atoms with E-state index in [2.05, 4.69) is 49.2 Å². The van der Waals surface area contributed by atoms with Gasteiger partial charge in [-0.2, -0.15) is 0 Å². The van der Waals surface area contributed by atoms with Gasteiger partial charge in [0.1, 0.15) is 0 Å². The van der Waals surface area contributed by atoms with Crippen molar-refractivity contribution in [3.05, 3.63) is 76.1 Å². The van der Waals surface area contributed by atoms with E-state index >= 15 is 0 Å². The van der Waals surface area contributed by atoms with Crippen LogP contribution in [0.3, 0.4) is 0 Å². The molecular weight excluding hydrogens is 416 g/mol. The third-order valence-electron chi connectivity index (χ3n) is 5.27. The molecule has 2 heterocycles. The molecule has 4 N–H and O–H groups in total. The number of amides is 1. The molecule has 8 nitrogen and oxygen atoms in total. The normalized spacial score (nSPS) is 11.2. The first-order valence-corrected chi connectivity index (χ1v) is 10.3. The molecule has 4 rings (SSSR count). The number of hydrogen-bond donors (Lipinski definition) is 3. The van der Waals surface area contributed by atoms with E-state index in [-0.39, 0.29) is 11.5 Å². The second-order valence-electron chi connectivity index (χ2n) is 7.19. The first-order valence-electron chi connectivity index (χ1n) is 9.93. The molecule has 0 aliphatic rings. The predicted octanol–water partition coefficient (Wildman–Crippen LogP) is 3.14. The van der Waals surface area contributed by atoms with Crippen molar-refractivity contribution in [1.29, 1.82) is 0 Å². The predicted molar refractivity (Wildman–Crippen MR) is 120 cm³/mol. The van der Waals surface area contributed by atoms with Crippen LogP contribution in [0, 0.1) is 6.92 Å². The molecule has 0 saturated heterocycles. The average molecular weight is 439 g/mol. The Balaban J connectivity index is 1.43. The topological polar surface area (TPSA) is 111 Å². The highest BCUT2D eigenvalue weighted by molar-refractivity contribution is 6.31. The van der Waals surface area contributed by atoms with E-state index in [4.69, 9.17) is 17.3 Å². The summed E-state index contributed by atoms with van der Waals surface area (Å²) in [7, 11) is 0. The van der Waals surface area contributed by atoms with Crippen LogP contribution < -0.4 is 16.4 Å². The van der Waals surface area contributed by atoms with E-state index in [1.54, 1.807) is 0 Å². The molecule has 0 radical (unpaired) electrons. The number of halogens is 1. The number of nitrogen functional groups attached to an aromatic ring is 1. The first-order chi connectivity index (χ1) is 15.1. The molecule has 160 valence electrons. The summed E-state index contributed by atoms with van der Waals surface area (Å²) in [5, 5.41) is 15.0. The van der Waals surface area contributed by atoms with Crippen molar-refractivity contribution in [3.8, 4) is 0 Å². The number of hydrogen-bond acceptors (Lipinski definition) is 6. The van der Waals surface area contributed by atoms with Crippen LogP contribution in [0.15, 0.2) is 53.2 Å². The molecule has 31 heavy (non-hydrogen) atoms. The van der Waals surface area contributed by atoms with E-state index in [9.17, 15) is 4.79 Å². The average Bonchev–Trinajstić information content (AvgIpc) is 3.31. The van der Waals surface area contributed by atoms with Crippen LogP contribution in [0.25, 0.3) is 10.9 Å². The highest BCUT2D eigenvalue weighted by Gasteiger charge is 2.16. The molecule has 4 aromatic rings. The van der Waals surface area contributed by atoms with Crippen molar-refractivity contribution in [2.75, 3.05) is 18.8 Å². The monoisotopic (exact) mass is 438 g/mol. The molecular formula is C22H23ClN6O2. The smallest absolute Gasteiger partial charge is 0.277 e. The number of rotatable bonds is 8. The Hall–Kier alpha value is -3.36. The van der Waals surface area contributed by atoms with Crippen LogP contribution in [-0.2, 0) is 13.1 Å². The SMILES string of the molecule is Cc1c(CNCCNC(=O)c2nonc2N)c2ccccc2n1Cc1ccccc1Cl. The number of carbonyl (C=O) groups is 1. The summed E-state index contributed by atoms with van der Waals surface area (Å²) >= 11 is 6.39. The Morgan fingerprint density at radius 3 is 2.68 bits per heavy atom. The van der Waals surface area contributed by atoms with Crippen LogP contribution >= 0.6 is 11.6 Å². The summed E-state index contributed by atoms with van der Waals surface area (Å²) in [6.45, 7) is 4.50. The molecule has 2 aromatic carbocycles. The minimum atomic E-state index is -0.409. The van der Waals surface area contributed by atoms with Crippen LogP contribution in [0.5, 0.6) is 0 Å². The van der Waals surface area contributed by atoms with Gasteiger partial charge >= 0.3 is 0 Å². The number of nitrogens with zero attached hydrogens (tertiary/aromatic N) is 3. The largest absolute Gasteiger partial charge is 0.379 e.